The molecule has 1 fully saturated rings. The summed E-state index contributed by atoms with van der Waals surface area (Å²) in [6.45, 7) is 1.84. The molecule has 0 unspecified atom stereocenters. The second-order valence-electron chi connectivity index (χ2n) is 7.84. The largest absolute Gasteiger partial charge is 0.468 e. The fourth-order valence-electron chi connectivity index (χ4n) is 5.49. The topological polar surface area (TPSA) is 69.7 Å². The summed E-state index contributed by atoms with van der Waals surface area (Å²) in [5, 5.41) is 1.83. The van der Waals surface area contributed by atoms with E-state index in [1.165, 1.54) is 7.11 Å². The Morgan fingerprint density at radius 3 is 2.40 bits per heavy atom. The highest BCUT2D eigenvalue weighted by Gasteiger charge is 2.90. The van der Waals surface area contributed by atoms with Crippen LogP contribution in [0.1, 0.15) is 35.2 Å². The molecule has 1 aliphatic heterocycles. The van der Waals surface area contributed by atoms with E-state index in [4.69, 9.17) is 9.47 Å². The molecule has 0 bridgehead atoms. The number of ether oxygens (including phenoxy) is 2. The molecule has 1 heterocycles. The SMILES string of the molecule is CC[C@@]1(C(=O)c2ccccc2)[C@H]2c3c(ccc4ccccc34)OC(=O)[C@@]21C(=O)OC. The van der Waals surface area contributed by atoms with Gasteiger partial charge in [-0.25, -0.2) is 0 Å². The molecule has 1 aliphatic carbocycles. The van der Waals surface area contributed by atoms with E-state index in [1.54, 1.807) is 30.3 Å². The fraction of sp³-hybridized carbons (Fsp3) is 0.240. The summed E-state index contributed by atoms with van der Waals surface area (Å²) >= 11 is 0. The molecular weight excluding hydrogens is 380 g/mol. The zero-order chi connectivity index (χ0) is 21.1. The minimum absolute atomic E-state index is 0.237. The molecule has 0 amide bonds. The molecule has 0 N–H and O–H groups in total. The van der Waals surface area contributed by atoms with Crippen LogP contribution in [-0.2, 0) is 14.3 Å². The lowest BCUT2D eigenvalue weighted by molar-refractivity contribution is -0.160. The number of Topliss-reactive ketones (excluding diaryl/α,β-unsaturated/α-hetero) is 1. The Morgan fingerprint density at radius 2 is 1.70 bits per heavy atom. The zero-order valence-electron chi connectivity index (χ0n) is 16.7. The first-order chi connectivity index (χ1) is 14.5. The van der Waals surface area contributed by atoms with Crippen molar-refractivity contribution in [3.05, 3.63) is 77.9 Å². The molecule has 3 aromatic rings. The van der Waals surface area contributed by atoms with Crippen molar-refractivity contribution in [2.75, 3.05) is 7.11 Å². The lowest BCUT2D eigenvalue weighted by atomic mass is 9.83. The van der Waals surface area contributed by atoms with E-state index in [1.807, 2.05) is 43.3 Å². The number of methoxy groups -OCH3 is 1. The van der Waals surface area contributed by atoms with Gasteiger partial charge in [0, 0.05) is 17.0 Å². The predicted octanol–water partition coefficient (Wildman–Crippen LogP) is 4.29. The fourth-order valence-corrected chi connectivity index (χ4v) is 5.49. The number of hydrogen-bond acceptors (Lipinski definition) is 5. The average Bonchev–Trinajstić information content (AvgIpc) is 3.44. The maximum atomic E-state index is 13.8. The van der Waals surface area contributed by atoms with Crippen molar-refractivity contribution in [3.63, 3.8) is 0 Å². The highest BCUT2D eigenvalue weighted by atomic mass is 16.6. The van der Waals surface area contributed by atoms with Gasteiger partial charge >= 0.3 is 11.9 Å². The summed E-state index contributed by atoms with van der Waals surface area (Å²) in [4.78, 5) is 40.2. The number of carbonyl (C=O) groups is 3. The molecule has 5 rings (SSSR count). The Hall–Kier alpha value is -3.47. The van der Waals surface area contributed by atoms with Crippen LogP contribution in [0.5, 0.6) is 5.75 Å². The van der Waals surface area contributed by atoms with Gasteiger partial charge in [0.15, 0.2) is 11.2 Å². The molecule has 30 heavy (non-hydrogen) atoms. The molecule has 3 atom stereocenters. The van der Waals surface area contributed by atoms with Crippen LogP contribution >= 0.6 is 0 Å². The van der Waals surface area contributed by atoms with E-state index in [9.17, 15) is 14.4 Å². The van der Waals surface area contributed by atoms with Crippen molar-refractivity contribution >= 4 is 28.5 Å². The molecule has 3 aromatic carbocycles. The standard InChI is InChI=1S/C25H20O5/c1-3-24(21(26)16-10-5-4-6-11-16)20-19-17-12-8-7-9-15(17)13-14-18(19)30-23(28)25(20,24)22(27)29-2/h4-14,20H,3H2,1-2H3/t20-,24+,25+/m1/s1. The smallest absolute Gasteiger partial charge is 0.330 e. The van der Waals surface area contributed by atoms with Gasteiger partial charge in [-0.05, 0) is 23.3 Å². The Bertz CT molecular complexity index is 1210. The third kappa shape index (κ3) is 1.99. The van der Waals surface area contributed by atoms with E-state index >= 15 is 0 Å². The molecule has 5 heteroatoms. The molecule has 5 nitrogen and oxygen atoms in total. The van der Waals surface area contributed by atoms with E-state index in [0.717, 1.165) is 16.3 Å². The van der Waals surface area contributed by atoms with Crippen LogP contribution < -0.4 is 4.74 Å². The summed E-state index contributed by atoms with van der Waals surface area (Å²) in [6.07, 6.45) is 0.304. The Balaban J connectivity index is 1.83. The summed E-state index contributed by atoms with van der Waals surface area (Å²) in [5.41, 5.74) is -1.75. The van der Waals surface area contributed by atoms with Crippen LogP contribution in [0, 0.1) is 10.8 Å². The van der Waals surface area contributed by atoms with Gasteiger partial charge in [-0.15, -0.1) is 0 Å². The lowest BCUT2D eigenvalue weighted by Gasteiger charge is -2.23. The van der Waals surface area contributed by atoms with Gasteiger partial charge in [-0.3, -0.25) is 14.4 Å². The first-order valence-corrected chi connectivity index (χ1v) is 9.96. The maximum absolute atomic E-state index is 13.8. The molecule has 0 spiro atoms. The Morgan fingerprint density at radius 1 is 1.00 bits per heavy atom. The zero-order valence-corrected chi connectivity index (χ0v) is 16.7. The minimum atomic E-state index is -1.68. The molecule has 0 aromatic heterocycles. The maximum Gasteiger partial charge on any atom is 0.330 e. The van der Waals surface area contributed by atoms with Gasteiger partial charge in [0.2, 0.25) is 0 Å². The quantitative estimate of drug-likeness (QED) is 0.283. The van der Waals surface area contributed by atoms with Crippen LogP contribution in [-0.4, -0.2) is 24.8 Å². The second kappa shape index (κ2) is 6.26. The Kier molecular flexibility index (Phi) is 3.87. The summed E-state index contributed by atoms with van der Waals surface area (Å²) < 4.78 is 10.8. The molecule has 150 valence electrons. The third-order valence-corrected chi connectivity index (χ3v) is 6.80. The number of hydrogen-bond donors (Lipinski definition) is 0. The lowest BCUT2D eigenvalue weighted by Crippen LogP contribution is -2.40. The van der Waals surface area contributed by atoms with Gasteiger partial charge in [-0.1, -0.05) is 67.6 Å². The van der Waals surface area contributed by atoms with Crippen LogP contribution in [0.25, 0.3) is 10.8 Å². The van der Waals surface area contributed by atoms with E-state index in [-0.39, 0.29) is 5.78 Å². The highest BCUT2D eigenvalue weighted by molar-refractivity contribution is 6.21. The van der Waals surface area contributed by atoms with Crippen LogP contribution in [0.3, 0.4) is 0 Å². The van der Waals surface area contributed by atoms with Gasteiger partial charge in [0.1, 0.15) is 5.75 Å². The normalized spacial score (nSPS) is 26.3. The van der Waals surface area contributed by atoms with E-state index < -0.39 is 28.7 Å². The van der Waals surface area contributed by atoms with E-state index in [0.29, 0.717) is 17.7 Å². The van der Waals surface area contributed by atoms with Gasteiger partial charge in [-0.2, -0.15) is 0 Å². The van der Waals surface area contributed by atoms with Crippen LogP contribution in [0.15, 0.2) is 66.7 Å². The van der Waals surface area contributed by atoms with Gasteiger partial charge in [0.05, 0.1) is 12.5 Å². The molecule has 1 saturated carbocycles. The number of carbonyl (C=O) groups excluding carboxylic acids is 3. The summed E-state index contributed by atoms with van der Waals surface area (Å²) in [7, 11) is 1.24. The minimum Gasteiger partial charge on any atom is -0.468 e. The first-order valence-electron chi connectivity index (χ1n) is 9.96. The van der Waals surface area contributed by atoms with E-state index in [2.05, 4.69) is 0 Å². The van der Waals surface area contributed by atoms with Crippen LogP contribution in [0.2, 0.25) is 0 Å². The van der Waals surface area contributed by atoms with Gasteiger partial charge < -0.3 is 9.47 Å². The van der Waals surface area contributed by atoms with Crippen molar-refractivity contribution in [2.45, 2.75) is 19.3 Å². The van der Waals surface area contributed by atoms with Gasteiger partial charge in [0.25, 0.3) is 0 Å². The summed E-state index contributed by atoms with van der Waals surface area (Å²) in [5.74, 6) is -1.91. The van der Waals surface area contributed by atoms with Crippen molar-refractivity contribution in [3.8, 4) is 5.75 Å². The van der Waals surface area contributed by atoms with Crippen molar-refractivity contribution < 1.29 is 23.9 Å². The molecule has 0 radical (unpaired) electrons. The number of fused-ring (bicyclic) bond motifs is 5. The number of esters is 2. The van der Waals surface area contributed by atoms with Crippen molar-refractivity contribution in [1.82, 2.24) is 0 Å². The number of ketones is 1. The first kappa shape index (κ1) is 18.6. The molecule has 0 saturated heterocycles. The third-order valence-electron chi connectivity index (χ3n) is 6.80. The molecule has 2 aliphatic rings. The number of rotatable bonds is 4. The van der Waals surface area contributed by atoms with Crippen molar-refractivity contribution in [2.24, 2.45) is 10.8 Å². The number of benzene rings is 3. The monoisotopic (exact) mass is 400 g/mol. The van der Waals surface area contributed by atoms with Crippen LogP contribution in [0.4, 0.5) is 0 Å². The van der Waals surface area contributed by atoms with Crippen molar-refractivity contribution in [1.29, 1.82) is 0 Å². The molecular formula is C25H20O5. The summed E-state index contributed by atoms with van der Waals surface area (Å²) in [6, 6.07) is 20.1. The Labute approximate surface area is 173 Å². The predicted molar refractivity (Wildman–Crippen MR) is 110 cm³/mol. The average molecular weight is 400 g/mol. The second-order valence-corrected chi connectivity index (χ2v) is 7.84. The highest BCUT2D eigenvalue weighted by Crippen LogP contribution is 2.80.